The zero-order chi connectivity index (χ0) is 20.2. The fourth-order valence-corrected chi connectivity index (χ4v) is 3.70. The summed E-state index contributed by atoms with van der Waals surface area (Å²) < 4.78 is 19.2. The van der Waals surface area contributed by atoms with Gasteiger partial charge in [0.2, 0.25) is 0 Å². The first-order valence-electron chi connectivity index (χ1n) is 9.44. The van der Waals surface area contributed by atoms with E-state index in [4.69, 9.17) is 10.5 Å². The van der Waals surface area contributed by atoms with E-state index in [9.17, 15) is 9.18 Å². The maximum Gasteiger partial charge on any atom is 0.407 e. The number of fused-ring (bicyclic) bond motifs is 3. The number of amides is 1. The average Bonchev–Trinajstić information content (AvgIpc) is 3.05. The Hall–Kier alpha value is -3.60. The lowest BCUT2D eigenvalue weighted by Gasteiger charge is -2.14. The van der Waals surface area contributed by atoms with Crippen LogP contribution >= 0.6 is 0 Å². The van der Waals surface area contributed by atoms with E-state index in [0.717, 1.165) is 11.1 Å². The van der Waals surface area contributed by atoms with Gasteiger partial charge in [-0.3, -0.25) is 0 Å². The van der Waals surface area contributed by atoms with Crippen LogP contribution in [0.15, 0.2) is 72.8 Å². The lowest BCUT2D eigenvalue weighted by Crippen LogP contribution is -2.26. The number of anilines is 1. The summed E-state index contributed by atoms with van der Waals surface area (Å²) in [5, 5.41) is 2.65. The lowest BCUT2D eigenvalue weighted by molar-refractivity contribution is 0.144. The predicted molar refractivity (Wildman–Crippen MR) is 113 cm³/mol. The molecule has 4 rings (SSSR count). The molecule has 0 heterocycles. The molecule has 1 aliphatic carbocycles. The first-order chi connectivity index (χ1) is 14.1. The molecule has 0 radical (unpaired) electrons. The monoisotopic (exact) mass is 388 g/mol. The van der Waals surface area contributed by atoms with E-state index < -0.39 is 11.9 Å². The highest BCUT2D eigenvalue weighted by Crippen LogP contribution is 2.44. The van der Waals surface area contributed by atoms with Crippen LogP contribution in [0.5, 0.6) is 0 Å². The Kier molecular flexibility index (Phi) is 5.29. The van der Waals surface area contributed by atoms with Crippen LogP contribution in [0.1, 0.15) is 22.6 Å². The summed E-state index contributed by atoms with van der Waals surface area (Å²) in [7, 11) is 0. The van der Waals surface area contributed by atoms with Crippen molar-refractivity contribution in [1.29, 1.82) is 0 Å². The molecule has 0 bridgehead atoms. The van der Waals surface area contributed by atoms with Crippen LogP contribution < -0.4 is 11.1 Å². The van der Waals surface area contributed by atoms with Crippen molar-refractivity contribution in [3.8, 4) is 11.1 Å². The van der Waals surface area contributed by atoms with Crippen LogP contribution in [0.25, 0.3) is 17.2 Å². The number of nitrogens with one attached hydrogen (secondary N) is 1. The minimum absolute atomic E-state index is 0.0157. The molecule has 146 valence electrons. The molecule has 0 unspecified atom stereocenters. The summed E-state index contributed by atoms with van der Waals surface area (Å²) in [6.45, 7) is 0.467. The van der Waals surface area contributed by atoms with Gasteiger partial charge in [-0.25, -0.2) is 9.18 Å². The number of hydrogen-bond acceptors (Lipinski definition) is 3. The Morgan fingerprint density at radius 2 is 1.66 bits per heavy atom. The molecule has 3 N–H and O–H groups in total. The smallest absolute Gasteiger partial charge is 0.407 e. The number of alkyl carbamates (subject to hydrolysis) is 1. The van der Waals surface area contributed by atoms with Crippen LogP contribution in [0.4, 0.5) is 14.9 Å². The average molecular weight is 388 g/mol. The van der Waals surface area contributed by atoms with E-state index in [-0.39, 0.29) is 19.1 Å². The van der Waals surface area contributed by atoms with Gasteiger partial charge in [0.15, 0.2) is 0 Å². The lowest BCUT2D eigenvalue weighted by atomic mass is 9.98. The highest BCUT2D eigenvalue weighted by molar-refractivity contribution is 5.79. The number of nitrogens with two attached hydrogens (primary N) is 1. The van der Waals surface area contributed by atoms with Crippen molar-refractivity contribution >= 4 is 17.9 Å². The van der Waals surface area contributed by atoms with Crippen LogP contribution in [0, 0.1) is 5.82 Å². The van der Waals surface area contributed by atoms with Gasteiger partial charge < -0.3 is 15.8 Å². The van der Waals surface area contributed by atoms with Crippen LogP contribution in [0.3, 0.4) is 0 Å². The number of ether oxygens (including phenoxy) is 1. The Balaban J connectivity index is 1.35. The summed E-state index contributed by atoms with van der Waals surface area (Å²) in [6, 6.07) is 20.9. The molecule has 0 saturated carbocycles. The van der Waals surface area contributed by atoms with Gasteiger partial charge in [0.1, 0.15) is 12.4 Å². The second kappa shape index (κ2) is 8.19. The molecule has 3 aromatic rings. The summed E-state index contributed by atoms with van der Waals surface area (Å²) in [4.78, 5) is 12.1. The molecule has 0 aromatic heterocycles. The van der Waals surface area contributed by atoms with Crippen molar-refractivity contribution in [2.24, 2.45) is 0 Å². The van der Waals surface area contributed by atoms with Crippen molar-refractivity contribution in [2.45, 2.75) is 5.92 Å². The normalized spacial score (nSPS) is 12.6. The van der Waals surface area contributed by atoms with Gasteiger partial charge >= 0.3 is 6.09 Å². The molecule has 0 atom stereocenters. The van der Waals surface area contributed by atoms with Gasteiger partial charge in [-0.15, -0.1) is 0 Å². The van der Waals surface area contributed by atoms with Crippen molar-refractivity contribution in [3.63, 3.8) is 0 Å². The highest BCUT2D eigenvalue weighted by atomic mass is 19.1. The number of hydrogen-bond donors (Lipinski definition) is 2. The fraction of sp³-hybridized carbons (Fsp3) is 0.125. The van der Waals surface area contributed by atoms with E-state index in [2.05, 4.69) is 29.6 Å². The molecule has 1 amide bonds. The van der Waals surface area contributed by atoms with Crippen LogP contribution in [-0.4, -0.2) is 19.2 Å². The van der Waals surface area contributed by atoms with Crippen molar-refractivity contribution < 1.29 is 13.9 Å². The second-order valence-electron chi connectivity index (χ2n) is 6.85. The third kappa shape index (κ3) is 3.85. The van der Waals surface area contributed by atoms with E-state index in [1.165, 1.54) is 17.2 Å². The van der Waals surface area contributed by atoms with E-state index in [1.54, 1.807) is 24.3 Å². The Labute approximate surface area is 168 Å². The van der Waals surface area contributed by atoms with Gasteiger partial charge in [-0.05, 0) is 34.4 Å². The first kappa shape index (κ1) is 18.7. The molecule has 0 spiro atoms. The minimum Gasteiger partial charge on any atom is -0.449 e. The maximum atomic E-state index is 13.7. The summed E-state index contributed by atoms with van der Waals surface area (Å²) in [5.74, 6) is -0.385. The third-order valence-electron chi connectivity index (χ3n) is 5.08. The van der Waals surface area contributed by atoms with Gasteiger partial charge in [-0.2, -0.15) is 0 Å². The van der Waals surface area contributed by atoms with Gasteiger partial charge in [0.25, 0.3) is 0 Å². The summed E-state index contributed by atoms with van der Waals surface area (Å²) in [5.41, 5.74) is 11.1. The number of carbonyl (C=O) groups excluding carboxylic acids is 1. The van der Waals surface area contributed by atoms with E-state index in [1.807, 2.05) is 24.3 Å². The number of halogens is 1. The van der Waals surface area contributed by atoms with Crippen LogP contribution in [-0.2, 0) is 4.74 Å². The molecule has 1 aliphatic rings. The summed E-state index contributed by atoms with van der Waals surface area (Å²) >= 11 is 0. The van der Waals surface area contributed by atoms with Crippen LogP contribution in [0.2, 0.25) is 0 Å². The first-order valence-corrected chi connectivity index (χ1v) is 9.44. The topological polar surface area (TPSA) is 64.3 Å². The molecule has 29 heavy (non-hydrogen) atoms. The SMILES string of the molecule is Nc1cccc(F)c1C=CCNC(=O)OCC1c2ccccc2-c2ccccc21. The molecule has 0 aliphatic heterocycles. The van der Waals surface area contributed by atoms with Crippen molar-refractivity contribution in [3.05, 3.63) is 95.3 Å². The predicted octanol–water partition coefficient (Wildman–Crippen LogP) is 4.96. The third-order valence-corrected chi connectivity index (χ3v) is 5.08. The fourth-order valence-electron chi connectivity index (χ4n) is 3.70. The van der Waals surface area contributed by atoms with Gasteiger partial charge in [0, 0.05) is 23.7 Å². The maximum absolute atomic E-state index is 13.7. The largest absolute Gasteiger partial charge is 0.449 e. The number of carbonyl (C=O) groups is 1. The Morgan fingerprint density at radius 1 is 1.00 bits per heavy atom. The van der Waals surface area contributed by atoms with Crippen molar-refractivity contribution in [2.75, 3.05) is 18.9 Å². The van der Waals surface area contributed by atoms with Gasteiger partial charge in [-0.1, -0.05) is 66.7 Å². The summed E-state index contributed by atoms with van der Waals surface area (Å²) in [6.07, 6.45) is 2.67. The molecule has 5 heteroatoms. The van der Waals surface area contributed by atoms with Gasteiger partial charge in [0.05, 0.1) is 0 Å². The molecular weight excluding hydrogens is 367 g/mol. The molecule has 3 aromatic carbocycles. The number of rotatable bonds is 5. The zero-order valence-corrected chi connectivity index (χ0v) is 15.8. The Bertz CT molecular complexity index is 1010. The minimum atomic E-state index is -0.516. The zero-order valence-electron chi connectivity index (χ0n) is 15.8. The van der Waals surface area contributed by atoms with E-state index in [0.29, 0.717) is 11.3 Å². The second-order valence-corrected chi connectivity index (χ2v) is 6.85. The quantitative estimate of drug-likeness (QED) is 0.607. The number of nitrogen functional groups attached to an aromatic ring is 1. The molecule has 0 saturated heterocycles. The van der Waals surface area contributed by atoms with Crippen molar-refractivity contribution in [1.82, 2.24) is 5.32 Å². The Morgan fingerprint density at radius 3 is 2.31 bits per heavy atom. The molecule has 0 fully saturated rings. The highest BCUT2D eigenvalue weighted by Gasteiger charge is 2.28. The number of benzene rings is 3. The van der Waals surface area contributed by atoms with E-state index >= 15 is 0 Å². The standard InChI is InChI=1S/C24H21FN2O2/c25-22-12-5-13-23(26)20(22)11-6-14-27-24(28)29-15-21-18-9-3-1-7-16(18)17-8-2-4-10-19(17)21/h1-13,21H,14-15,26H2,(H,27,28). The molecular formula is C24H21FN2O2. The molecule has 4 nitrogen and oxygen atoms in total.